The van der Waals surface area contributed by atoms with E-state index >= 15 is 0 Å². The number of aromatic nitrogens is 1. The molecule has 1 aromatic heterocycles. The summed E-state index contributed by atoms with van der Waals surface area (Å²) >= 11 is 0. The van der Waals surface area contributed by atoms with Crippen LogP contribution in [0.2, 0.25) is 0 Å². The molecular weight excluding hydrogens is 348 g/mol. The molecule has 1 aliphatic heterocycles. The Labute approximate surface area is 157 Å². The normalized spacial score (nSPS) is 14.7. The smallest absolute Gasteiger partial charge is 0.311 e. The zero-order chi connectivity index (χ0) is 19.4. The van der Waals surface area contributed by atoms with Gasteiger partial charge in [-0.2, -0.15) is 0 Å². The Balaban J connectivity index is 1.60. The first-order valence-corrected chi connectivity index (χ1v) is 8.79. The predicted molar refractivity (Wildman–Crippen MR) is 102 cm³/mol. The average molecular weight is 370 g/mol. The Morgan fingerprint density at radius 1 is 1.30 bits per heavy atom. The van der Waals surface area contributed by atoms with Crippen LogP contribution in [-0.4, -0.2) is 36.0 Å². The molecular formula is C19H22N4O4. The van der Waals surface area contributed by atoms with E-state index in [4.69, 9.17) is 4.74 Å². The number of nitrogens with one attached hydrogen (secondary N) is 1. The lowest BCUT2D eigenvalue weighted by Gasteiger charge is -2.33. The maximum Gasteiger partial charge on any atom is 0.311 e. The lowest BCUT2D eigenvalue weighted by atomic mass is 9.95. The van der Waals surface area contributed by atoms with Gasteiger partial charge in [0.25, 0.3) is 0 Å². The van der Waals surface area contributed by atoms with Crippen LogP contribution in [0.3, 0.4) is 0 Å². The molecule has 0 atom stereocenters. The van der Waals surface area contributed by atoms with E-state index in [0.29, 0.717) is 31.7 Å². The second kappa shape index (κ2) is 8.03. The lowest BCUT2D eigenvalue weighted by molar-refractivity contribution is -0.385. The average Bonchev–Trinajstić information content (AvgIpc) is 2.69. The second-order valence-electron chi connectivity index (χ2n) is 6.58. The third kappa shape index (κ3) is 4.33. The summed E-state index contributed by atoms with van der Waals surface area (Å²) in [6.45, 7) is 3.34. The van der Waals surface area contributed by atoms with E-state index in [1.54, 1.807) is 24.4 Å². The third-order valence-electron chi connectivity index (χ3n) is 4.75. The molecule has 1 amide bonds. The van der Waals surface area contributed by atoms with Gasteiger partial charge in [-0.15, -0.1) is 0 Å². The summed E-state index contributed by atoms with van der Waals surface area (Å²) in [7, 11) is 1.42. The predicted octanol–water partition coefficient (Wildman–Crippen LogP) is 3.16. The maximum atomic E-state index is 12.5. The molecule has 0 unspecified atom stereocenters. The molecule has 1 aromatic carbocycles. The monoisotopic (exact) mass is 370 g/mol. The number of ether oxygens (including phenoxy) is 1. The first-order valence-electron chi connectivity index (χ1n) is 8.79. The van der Waals surface area contributed by atoms with Crippen LogP contribution >= 0.6 is 0 Å². The number of anilines is 2. The van der Waals surface area contributed by atoms with Crippen LogP contribution in [0.1, 0.15) is 18.4 Å². The Bertz CT molecular complexity index is 830. The van der Waals surface area contributed by atoms with Gasteiger partial charge < -0.3 is 15.0 Å². The van der Waals surface area contributed by atoms with Crippen LogP contribution < -0.4 is 15.0 Å². The van der Waals surface area contributed by atoms with E-state index in [0.717, 1.165) is 11.3 Å². The first kappa shape index (κ1) is 18.6. The molecule has 1 saturated heterocycles. The molecule has 0 spiro atoms. The highest BCUT2D eigenvalue weighted by atomic mass is 16.6. The van der Waals surface area contributed by atoms with Crippen molar-refractivity contribution >= 4 is 23.1 Å². The molecule has 1 N–H and O–H groups in total. The van der Waals surface area contributed by atoms with Gasteiger partial charge in [0, 0.05) is 43.0 Å². The molecule has 8 heteroatoms. The fourth-order valence-electron chi connectivity index (χ4n) is 3.18. The Morgan fingerprint density at radius 3 is 2.63 bits per heavy atom. The fourth-order valence-corrected chi connectivity index (χ4v) is 3.18. The van der Waals surface area contributed by atoms with Crippen LogP contribution in [-0.2, 0) is 4.79 Å². The van der Waals surface area contributed by atoms with E-state index in [1.807, 2.05) is 13.0 Å². The summed E-state index contributed by atoms with van der Waals surface area (Å²) < 4.78 is 5.13. The molecule has 1 aliphatic rings. The Kier molecular flexibility index (Phi) is 5.54. The van der Waals surface area contributed by atoms with Crippen molar-refractivity contribution in [3.8, 4) is 5.75 Å². The van der Waals surface area contributed by atoms with Crippen molar-refractivity contribution in [2.24, 2.45) is 5.92 Å². The molecule has 0 aliphatic carbocycles. The van der Waals surface area contributed by atoms with Crippen molar-refractivity contribution in [1.82, 2.24) is 4.98 Å². The number of benzene rings is 1. The molecule has 2 aromatic rings. The van der Waals surface area contributed by atoms with Crippen molar-refractivity contribution in [1.29, 1.82) is 0 Å². The van der Waals surface area contributed by atoms with Gasteiger partial charge in [0.1, 0.15) is 5.82 Å². The molecule has 8 nitrogen and oxygen atoms in total. The van der Waals surface area contributed by atoms with Crippen molar-refractivity contribution in [3.05, 3.63) is 52.2 Å². The van der Waals surface area contributed by atoms with Gasteiger partial charge >= 0.3 is 5.69 Å². The van der Waals surface area contributed by atoms with Gasteiger partial charge in [-0.05, 0) is 37.5 Å². The van der Waals surface area contributed by atoms with E-state index in [2.05, 4.69) is 15.2 Å². The quantitative estimate of drug-likeness (QED) is 0.641. The van der Waals surface area contributed by atoms with Crippen molar-refractivity contribution in [2.75, 3.05) is 30.4 Å². The summed E-state index contributed by atoms with van der Waals surface area (Å²) in [4.78, 5) is 29.3. The molecule has 0 bridgehead atoms. The number of carbonyl (C=O) groups is 1. The van der Waals surface area contributed by atoms with E-state index in [9.17, 15) is 14.9 Å². The zero-order valence-electron chi connectivity index (χ0n) is 15.3. The van der Waals surface area contributed by atoms with Gasteiger partial charge in [-0.1, -0.05) is 6.07 Å². The number of carbonyl (C=O) groups excluding carboxylic acids is 1. The minimum absolute atomic E-state index is 0.0210. The van der Waals surface area contributed by atoms with E-state index in [1.165, 1.54) is 13.2 Å². The summed E-state index contributed by atoms with van der Waals surface area (Å²) in [5.41, 5.74) is 1.84. The van der Waals surface area contributed by atoms with Crippen molar-refractivity contribution in [3.63, 3.8) is 0 Å². The topological polar surface area (TPSA) is 97.6 Å². The second-order valence-corrected chi connectivity index (χ2v) is 6.58. The molecule has 0 radical (unpaired) electrons. The van der Waals surface area contributed by atoms with Crippen LogP contribution in [0.15, 0.2) is 36.5 Å². The number of hydrogen-bond acceptors (Lipinski definition) is 6. The van der Waals surface area contributed by atoms with E-state index in [-0.39, 0.29) is 23.3 Å². The van der Waals surface area contributed by atoms with Crippen molar-refractivity contribution in [2.45, 2.75) is 19.8 Å². The molecule has 2 heterocycles. The highest BCUT2D eigenvalue weighted by molar-refractivity contribution is 5.91. The van der Waals surface area contributed by atoms with Gasteiger partial charge in [0.2, 0.25) is 5.91 Å². The van der Waals surface area contributed by atoms with Crippen molar-refractivity contribution < 1.29 is 14.5 Å². The summed E-state index contributed by atoms with van der Waals surface area (Å²) in [5, 5.41) is 13.9. The standard InChI is InChI=1S/C19H22N4O4/c1-13-3-6-18(20-12-13)21-19(24)14-7-9-22(10-8-14)15-4-5-16(23(25)26)17(11-15)27-2/h3-6,11-12,14H,7-10H2,1-2H3,(H,20,21,24). The van der Waals surface area contributed by atoms with Crippen LogP contribution in [0.4, 0.5) is 17.2 Å². The molecule has 1 fully saturated rings. The fraction of sp³-hybridized carbons (Fsp3) is 0.368. The molecule has 0 saturated carbocycles. The minimum Gasteiger partial charge on any atom is -0.490 e. The largest absolute Gasteiger partial charge is 0.490 e. The zero-order valence-corrected chi connectivity index (χ0v) is 15.3. The number of nitro groups is 1. The number of methoxy groups -OCH3 is 1. The maximum absolute atomic E-state index is 12.5. The summed E-state index contributed by atoms with van der Waals surface area (Å²) in [5.74, 6) is 0.701. The van der Waals surface area contributed by atoms with Gasteiger partial charge in [0.05, 0.1) is 12.0 Å². The van der Waals surface area contributed by atoms with Crippen LogP contribution in [0.5, 0.6) is 5.75 Å². The Hall–Kier alpha value is -3.16. The molecule has 142 valence electrons. The van der Waals surface area contributed by atoms with Gasteiger partial charge in [0.15, 0.2) is 5.75 Å². The molecule has 27 heavy (non-hydrogen) atoms. The van der Waals surface area contributed by atoms with Crippen LogP contribution in [0, 0.1) is 23.0 Å². The highest BCUT2D eigenvalue weighted by Crippen LogP contribution is 2.33. The summed E-state index contributed by atoms with van der Waals surface area (Å²) in [6.07, 6.45) is 3.13. The number of piperidine rings is 1. The number of aryl methyl sites for hydroxylation is 1. The minimum atomic E-state index is -0.460. The summed E-state index contributed by atoms with van der Waals surface area (Å²) in [6, 6.07) is 8.56. The molecule has 3 rings (SSSR count). The lowest BCUT2D eigenvalue weighted by Crippen LogP contribution is -2.38. The number of pyridine rings is 1. The number of nitrogens with zero attached hydrogens (tertiary/aromatic N) is 3. The van der Waals surface area contributed by atoms with E-state index < -0.39 is 4.92 Å². The number of nitro benzene ring substituents is 1. The van der Waals surface area contributed by atoms with Gasteiger partial charge in [-0.25, -0.2) is 4.98 Å². The number of hydrogen-bond donors (Lipinski definition) is 1. The number of rotatable bonds is 5. The highest BCUT2D eigenvalue weighted by Gasteiger charge is 2.26. The third-order valence-corrected chi connectivity index (χ3v) is 4.75. The van der Waals surface area contributed by atoms with Gasteiger partial charge in [-0.3, -0.25) is 14.9 Å². The number of amides is 1. The first-order chi connectivity index (χ1) is 13.0. The Morgan fingerprint density at radius 2 is 2.04 bits per heavy atom. The SMILES string of the molecule is COc1cc(N2CCC(C(=O)Nc3ccc(C)cn3)CC2)ccc1[N+](=O)[O-]. The van der Waals surface area contributed by atoms with Crippen LogP contribution in [0.25, 0.3) is 0 Å².